The summed E-state index contributed by atoms with van der Waals surface area (Å²) in [7, 11) is 0. The van der Waals surface area contributed by atoms with Gasteiger partial charge in [-0.3, -0.25) is 0 Å². The van der Waals surface area contributed by atoms with Crippen molar-refractivity contribution in [3.05, 3.63) is 46.7 Å². The summed E-state index contributed by atoms with van der Waals surface area (Å²) in [5, 5.41) is 16.1. The van der Waals surface area contributed by atoms with Crippen LogP contribution in [0.1, 0.15) is 16.1 Å². The summed E-state index contributed by atoms with van der Waals surface area (Å²) in [5.74, 6) is -0.281. The van der Waals surface area contributed by atoms with E-state index in [0.29, 0.717) is 22.9 Å². The monoisotopic (exact) mass is 313 g/mol. The van der Waals surface area contributed by atoms with E-state index in [0.717, 1.165) is 5.69 Å². The van der Waals surface area contributed by atoms with E-state index in [9.17, 15) is 4.79 Å². The highest BCUT2D eigenvalue weighted by Gasteiger charge is 2.15. The van der Waals surface area contributed by atoms with Gasteiger partial charge in [0, 0.05) is 17.1 Å². The predicted octanol–water partition coefficient (Wildman–Crippen LogP) is 2.75. The molecule has 0 aliphatic heterocycles. The van der Waals surface area contributed by atoms with E-state index < -0.39 is 5.97 Å². The molecule has 0 bridgehead atoms. The Balaban J connectivity index is 1.99. The quantitative estimate of drug-likeness (QED) is 0.763. The zero-order chi connectivity index (χ0) is 15.5. The van der Waals surface area contributed by atoms with Crippen LogP contribution >= 0.6 is 11.3 Å². The zero-order valence-electron chi connectivity index (χ0n) is 11.5. The molecule has 0 saturated heterocycles. The van der Waals surface area contributed by atoms with Gasteiger partial charge in [-0.05, 0) is 30.0 Å². The van der Waals surface area contributed by atoms with Crippen LogP contribution in [0.4, 0.5) is 11.6 Å². The molecule has 0 saturated carbocycles. The van der Waals surface area contributed by atoms with Gasteiger partial charge in [0.05, 0.1) is 5.69 Å². The van der Waals surface area contributed by atoms with Crippen LogP contribution in [0.15, 0.2) is 35.4 Å². The molecule has 0 fully saturated rings. The lowest BCUT2D eigenvalue weighted by Gasteiger charge is -2.08. The highest BCUT2D eigenvalue weighted by molar-refractivity contribution is 7.08. The lowest BCUT2D eigenvalue weighted by atomic mass is 10.1. The van der Waals surface area contributed by atoms with Gasteiger partial charge >= 0.3 is 5.97 Å². The Morgan fingerprint density at radius 2 is 2.14 bits per heavy atom. The molecule has 0 radical (unpaired) electrons. The maximum atomic E-state index is 11.2. The van der Waals surface area contributed by atoms with Crippen molar-refractivity contribution in [2.75, 3.05) is 5.32 Å². The fraction of sp³-hybridized carbons (Fsp3) is 0.0714. The SMILES string of the molecule is Cc1c(-c2ncnc(Nc3ccsc3)n2)ccnc1C(=O)O. The molecule has 3 rings (SSSR count). The second kappa shape index (κ2) is 5.86. The van der Waals surface area contributed by atoms with Crippen LogP contribution in [-0.4, -0.2) is 31.0 Å². The van der Waals surface area contributed by atoms with E-state index in [-0.39, 0.29) is 5.69 Å². The molecule has 0 aliphatic rings. The van der Waals surface area contributed by atoms with Crippen LogP contribution in [0.25, 0.3) is 11.4 Å². The molecule has 7 nitrogen and oxygen atoms in total. The third-order valence-electron chi connectivity index (χ3n) is 3.00. The number of hydrogen-bond donors (Lipinski definition) is 2. The van der Waals surface area contributed by atoms with Crippen molar-refractivity contribution < 1.29 is 9.90 Å². The van der Waals surface area contributed by atoms with Crippen LogP contribution < -0.4 is 5.32 Å². The first-order chi connectivity index (χ1) is 10.6. The summed E-state index contributed by atoms with van der Waals surface area (Å²) in [6.45, 7) is 1.68. The summed E-state index contributed by atoms with van der Waals surface area (Å²) in [6, 6.07) is 3.60. The van der Waals surface area contributed by atoms with Gasteiger partial charge in [0.25, 0.3) is 0 Å². The van der Waals surface area contributed by atoms with Gasteiger partial charge in [-0.15, -0.1) is 0 Å². The normalized spacial score (nSPS) is 10.4. The summed E-state index contributed by atoms with van der Waals surface area (Å²) in [5.41, 5.74) is 2.01. The standard InChI is InChI=1S/C14H11N5O2S/c1-8-10(2-4-15-11(8)13(20)21)12-16-7-17-14(19-12)18-9-3-5-22-6-9/h2-7H,1H3,(H,20,21)(H,16,17,18,19). The van der Waals surface area contributed by atoms with Gasteiger partial charge in [-0.2, -0.15) is 16.3 Å². The number of nitrogens with one attached hydrogen (secondary N) is 1. The van der Waals surface area contributed by atoms with E-state index in [4.69, 9.17) is 5.11 Å². The Bertz CT molecular complexity index is 820. The van der Waals surface area contributed by atoms with E-state index >= 15 is 0 Å². The number of carbonyl (C=O) groups is 1. The lowest BCUT2D eigenvalue weighted by Crippen LogP contribution is -2.06. The smallest absolute Gasteiger partial charge is 0.354 e. The molecular formula is C14H11N5O2S. The van der Waals surface area contributed by atoms with Crippen LogP contribution in [0, 0.1) is 6.92 Å². The van der Waals surface area contributed by atoms with Gasteiger partial charge in [-0.1, -0.05) is 0 Å². The van der Waals surface area contributed by atoms with Crippen molar-refractivity contribution in [3.63, 3.8) is 0 Å². The molecule has 2 N–H and O–H groups in total. The second-order valence-electron chi connectivity index (χ2n) is 4.41. The fourth-order valence-corrected chi connectivity index (χ4v) is 2.53. The number of anilines is 2. The Morgan fingerprint density at radius 3 is 2.86 bits per heavy atom. The van der Waals surface area contributed by atoms with Crippen LogP contribution in [0.3, 0.4) is 0 Å². The summed E-state index contributed by atoms with van der Waals surface area (Å²) < 4.78 is 0. The molecule has 0 unspecified atom stereocenters. The number of carboxylic acids is 1. The molecule has 0 atom stereocenters. The van der Waals surface area contributed by atoms with Crippen LogP contribution in [0.2, 0.25) is 0 Å². The van der Waals surface area contributed by atoms with Crippen molar-refractivity contribution in [1.29, 1.82) is 0 Å². The highest BCUT2D eigenvalue weighted by Crippen LogP contribution is 2.23. The minimum Gasteiger partial charge on any atom is -0.477 e. The van der Waals surface area contributed by atoms with Crippen molar-refractivity contribution in [2.45, 2.75) is 6.92 Å². The summed E-state index contributed by atoms with van der Waals surface area (Å²) in [4.78, 5) is 27.5. The Hall–Kier alpha value is -2.87. The number of nitrogens with zero attached hydrogens (tertiary/aromatic N) is 4. The number of pyridine rings is 1. The van der Waals surface area contributed by atoms with Crippen molar-refractivity contribution >= 4 is 28.9 Å². The first kappa shape index (κ1) is 14.1. The maximum absolute atomic E-state index is 11.2. The highest BCUT2D eigenvalue weighted by atomic mass is 32.1. The average molecular weight is 313 g/mol. The molecule has 0 amide bonds. The number of carboxylic acid groups (broad SMARTS) is 1. The van der Waals surface area contributed by atoms with Gasteiger partial charge < -0.3 is 10.4 Å². The number of hydrogen-bond acceptors (Lipinski definition) is 7. The minimum atomic E-state index is -1.08. The largest absolute Gasteiger partial charge is 0.477 e. The predicted molar refractivity (Wildman–Crippen MR) is 82.4 cm³/mol. The molecule has 0 spiro atoms. The van der Waals surface area contributed by atoms with Gasteiger partial charge in [0.2, 0.25) is 5.95 Å². The molecular weight excluding hydrogens is 302 g/mol. The summed E-state index contributed by atoms with van der Waals surface area (Å²) in [6.07, 6.45) is 2.82. The van der Waals surface area contributed by atoms with E-state index in [2.05, 4.69) is 25.3 Å². The van der Waals surface area contributed by atoms with Crippen LogP contribution in [-0.2, 0) is 0 Å². The third kappa shape index (κ3) is 2.77. The van der Waals surface area contributed by atoms with E-state index in [1.165, 1.54) is 12.5 Å². The Labute approximate surface area is 129 Å². The maximum Gasteiger partial charge on any atom is 0.354 e. The lowest BCUT2D eigenvalue weighted by molar-refractivity contribution is 0.0689. The number of rotatable bonds is 4. The van der Waals surface area contributed by atoms with Crippen molar-refractivity contribution in [1.82, 2.24) is 19.9 Å². The molecule has 8 heteroatoms. The molecule has 0 aromatic carbocycles. The topological polar surface area (TPSA) is 101 Å². The van der Waals surface area contributed by atoms with Gasteiger partial charge in [-0.25, -0.2) is 19.7 Å². The first-order valence-corrected chi connectivity index (χ1v) is 7.27. The molecule has 3 aromatic rings. The van der Waals surface area contributed by atoms with E-state index in [1.807, 2.05) is 16.8 Å². The molecule has 0 aliphatic carbocycles. The van der Waals surface area contributed by atoms with E-state index in [1.54, 1.807) is 24.3 Å². The van der Waals surface area contributed by atoms with Crippen LogP contribution in [0.5, 0.6) is 0 Å². The molecule has 3 aromatic heterocycles. The Kier molecular flexibility index (Phi) is 3.75. The Morgan fingerprint density at radius 1 is 1.27 bits per heavy atom. The summed E-state index contributed by atoms with van der Waals surface area (Å²) >= 11 is 1.56. The molecule has 22 heavy (non-hydrogen) atoms. The second-order valence-corrected chi connectivity index (χ2v) is 5.19. The first-order valence-electron chi connectivity index (χ1n) is 6.32. The molecule has 3 heterocycles. The average Bonchev–Trinajstić information content (AvgIpc) is 3.00. The van der Waals surface area contributed by atoms with Gasteiger partial charge in [0.15, 0.2) is 11.5 Å². The van der Waals surface area contributed by atoms with Crippen molar-refractivity contribution in [2.24, 2.45) is 0 Å². The number of thiophene rings is 1. The molecule has 110 valence electrons. The fourth-order valence-electron chi connectivity index (χ4n) is 1.94. The number of aromatic carboxylic acids is 1. The van der Waals surface area contributed by atoms with Crippen molar-refractivity contribution in [3.8, 4) is 11.4 Å². The minimum absolute atomic E-state index is 0.00902. The zero-order valence-corrected chi connectivity index (χ0v) is 12.3. The van der Waals surface area contributed by atoms with Gasteiger partial charge in [0.1, 0.15) is 6.33 Å². The number of aromatic nitrogens is 4. The third-order valence-corrected chi connectivity index (χ3v) is 3.68.